The van der Waals surface area contributed by atoms with Gasteiger partial charge in [-0.15, -0.1) is 0 Å². The van der Waals surface area contributed by atoms with E-state index in [-0.39, 0.29) is 29.7 Å². The van der Waals surface area contributed by atoms with E-state index in [1.807, 2.05) is 4.90 Å². The third kappa shape index (κ3) is 4.19. The smallest absolute Gasteiger partial charge is 0.227 e. The van der Waals surface area contributed by atoms with Crippen molar-refractivity contribution in [3.8, 4) is 0 Å². The first-order valence-corrected chi connectivity index (χ1v) is 7.78. The van der Waals surface area contributed by atoms with Gasteiger partial charge in [0.25, 0.3) is 0 Å². The Labute approximate surface area is 125 Å². The van der Waals surface area contributed by atoms with E-state index in [2.05, 4.69) is 5.32 Å². The molecule has 3 amide bonds. The third-order valence-electron chi connectivity index (χ3n) is 4.36. The van der Waals surface area contributed by atoms with Gasteiger partial charge >= 0.3 is 0 Å². The van der Waals surface area contributed by atoms with Gasteiger partial charge in [0.15, 0.2) is 0 Å². The first kappa shape index (κ1) is 15.8. The van der Waals surface area contributed by atoms with Crippen LogP contribution in [0.1, 0.15) is 39.5 Å². The number of carbonyl (C=O) groups is 3. The van der Waals surface area contributed by atoms with Crippen LogP contribution in [0.2, 0.25) is 0 Å². The van der Waals surface area contributed by atoms with Crippen molar-refractivity contribution in [2.24, 2.45) is 5.92 Å². The molecule has 21 heavy (non-hydrogen) atoms. The van der Waals surface area contributed by atoms with Crippen LogP contribution in [0.5, 0.6) is 0 Å². The summed E-state index contributed by atoms with van der Waals surface area (Å²) >= 11 is 0. The Balaban J connectivity index is 1.92. The Morgan fingerprint density at radius 1 is 0.952 bits per heavy atom. The zero-order valence-electron chi connectivity index (χ0n) is 12.9. The lowest BCUT2D eigenvalue weighted by Gasteiger charge is -2.38. The second-order valence-corrected chi connectivity index (χ2v) is 6.13. The van der Waals surface area contributed by atoms with E-state index in [1.54, 1.807) is 11.8 Å². The van der Waals surface area contributed by atoms with Crippen molar-refractivity contribution in [2.45, 2.75) is 45.6 Å². The van der Waals surface area contributed by atoms with Crippen LogP contribution in [0.25, 0.3) is 0 Å². The first-order chi connectivity index (χ1) is 9.97. The number of hydrogen-bond donors (Lipinski definition) is 1. The van der Waals surface area contributed by atoms with Crippen LogP contribution in [-0.2, 0) is 14.4 Å². The predicted molar refractivity (Wildman–Crippen MR) is 78.4 cm³/mol. The van der Waals surface area contributed by atoms with Crippen molar-refractivity contribution in [1.82, 2.24) is 15.1 Å². The number of piperidine rings is 2. The molecule has 2 saturated heterocycles. The molecule has 2 atom stereocenters. The van der Waals surface area contributed by atoms with Crippen LogP contribution < -0.4 is 5.32 Å². The number of carbonyl (C=O) groups excluding carboxylic acids is 3. The molecule has 1 N–H and O–H groups in total. The van der Waals surface area contributed by atoms with Crippen molar-refractivity contribution >= 4 is 17.7 Å². The second kappa shape index (κ2) is 6.91. The molecular weight excluding hydrogens is 270 g/mol. The summed E-state index contributed by atoms with van der Waals surface area (Å²) in [4.78, 5) is 38.9. The van der Waals surface area contributed by atoms with Crippen LogP contribution in [-0.4, -0.2) is 59.7 Å². The maximum atomic E-state index is 12.6. The number of nitrogens with zero attached hydrogens (tertiary/aromatic N) is 2. The minimum atomic E-state index is -0.0845. The molecule has 6 heteroatoms. The van der Waals surface area contributed by atoms with Gasteiger partial charge in [0.2, 0.25) is 17.7 Å². The highest BCUT2D eigenvalue weighted by atomic mass is 16.2. The summed E-state index contributed by atoms with van der Waals surface area (Å²) in [5, 5.41) is 2.90. The molecule has 0 radical (unpaired) electrons. The molecule has 0 aromatic rings. The Morgan fingerprint density at radius 2 is 1.62 bits per heavy atom. The van der Waals surface area contributed by atoms with Crippen LogP contribution in [0.15, 0.2) is 0 Å². The SMILES string of the molecule is CC(=O)N[C@H]1CCCN(C(=O)[C@H]2CCCN(C(C)=O)C2)C1. The number of rotatable bonds is 2. The summed E-state index contributed by atoms with van der Waals surface area (Å²) in [7, 11) is 0. The first-order valence-electron chi connectivity index (χ1n) is 7.78. The normalized spacial score (nSPS) is 26.4. The molecule has 0 unspecified atom stereocenters. The van der Waals surface area contributed by atoms with Gasteiger partial charge in [0, 0.05) is 46.1 Å². The standard InChI is InChI=1S/C15H25N3O3/c1-11(19)16-14-6-4-8-18(10-14)15(21)13-5-3-7-17(9-13)12(2)20/h13-14H,3-10H2,1-2H3,(H,16,19)/t13-,14-/m0/s1. The molecule has 2 aliphatic rings. The molecule has 0 aliphatic carbocycles. The maximum absolute atomic E-state index is 12.6. The largest absolute Gasteiger partial charge is 0.352 e. The van der Waals surface area contributed by atoms with Crippen molar-refractivity contribution in [3.63, 3.8) is 0 Å². The minimum Gasteiger partial charge on any atom is -0.352 e. The Hall–Kier alpha value is -1.59. The fourth-order valence-electron chi connectivity index (χ4n) is 3.31. The van der Waals surface area contributed by atoms with E-state index in [9.17, 15) is 14.4 Å². The molecule has 0 aromatic heterocycles. The van der Waals surface area contributed by atoms with Crippen molar-refractivity contribution in [3.05, 3.63) is 0 Å². The molecule has 0 spiro atoms. The molecule has 0 saturated carbocycles. The van der Waals surface area contributed by atoms with Crippen molar-refractivity contribution in [1.29, 1.82) is 0 Å². The lowest BCUT2D eigenvalue weighted by atomic mass is 9.95. The second-order valence-electron chi connectivity index (χ2n) is 6.13. The average molecular weight is 295 g/mol. The summed E-state index contributed by atoms with van der Waals surface area (Å²) in [6.07, 6.45) is 3.58. The highest BCUT2D eigenvalue weighted by Crippen LogP contribution is 2.21. The van der Waals surface area contributed by atoms with Gasteiger partial charge in [0.1, 0.15) is 0 Å². The minimum absolute atomic E-state index is 0.0438. The van der Waals surface area contributed by atoms with E-state index in [4.69, 9.17) is 0 Å². The fourth-order valence-corrected chi connectivity index (χ4v) is 3.31. The monoisotopic (exact) mass is 295 g/mol. The molecular formula is C15H25N3O3. The maximum Gasteiger partial charge on any atom is 0.227 e. The van der Waals surface area contributed by atoms with Crippen LogP contribution in [0.3, 0.4) is 0 Å². The van der Waals surface area contributed by atoms with Gasteiger partial charge in [-0.1, -0.05) is 0 Å². The van der Waals surface area contributed by atoms with Gasteiger partial charge in [-0.2, -0.15) is 0 Å². The molecule has 0 aromatic carbocycles. The molecule has 2 heterocycles. The van der Waals surface area contributed by atoms with Gasteiger partial charge in [-0.05, 0) is 25.7 Å². The molecule has 0 bridgehead atoms. The summed E-state index contributed by atoms with van der Waals surface area (Å²) in [6, 6.07) is 0.0627. The Kier molecular flexibility index (Phi) is 5.20. The molecule has 2 rings (SSSR count). The van der Waals surface area contributed by atoms with E-state index < -0.39 is 0 Å². The van der Waals surface area contributed by atoms with Gasteiger partial charge in [0.05, 0.1) is 5.92 Å². The summed E-state index contributed by atoms with van der Waals surface area (Å²) < 4.78 is 0. The van der Waals surface area contributed by atoms with Crippen LogP contribution >= 0.6 is 0 Å². The lowest BCUT2D eigenvalue weighted by Crippen LogP contribution is -2.53. The Morgan fingerprint density at radius 3 is 2.29 bits per heavy atom. The lowest BCUT2D eigenvalue weighted by molar-refractivity contribution is -0.141. The van der Waals surface area contributed by atoms with Gasteiger partial charge in [-0.25, -0.2) is 0 Å². The zero-order valence-corrected chi connectivity index (χ0v) is 12.9. The van der Waals surface area contributed by atoms with Crippen molar-refractivity contribution < 1.29 is 14.4 Å². The van der Waals surface area contributed by atoms with Gasteiger partial charge in [-0.3, -0.25) is 14.4 Å². The molecule has 2 fully saturated rings. The molecule has 6 nitrogen and oxygen atoms in total. The highest BCUT2D eigenvalue weighted by Gasteiger charge is 2.32. The Bertz CT molecular complexity index is 424. The van der Waals surface area contributed by atoms with Crippen LogP contribution in [0, 0.1) is 5.92 Å². The number of likely N-dealkylation sites (tertiary alicyclic amines) is 2. The number of hydrogen-bond acceptors (Lipinski definition) is 3. The summed E-state index contributed by atoms with van der Waals surface area (Å²) in [5.41, 5.74) is 0. The number of nitrogens with one attached hydrogen (secondary N) is 1. The average Bonchev–Trinajstić information content (AvgIpc) is 2.46. The van der Waals surface area contributed by atoms with Crippen molar-refractivity contribution in [2.75, 3.05) is 26.2 Å². The topological polar surface area (TPSA) is 69.7 Å². The van der Waals surface area contributed by atoms with Crippen LogP contribution in [0.4, 0.5) is 0 Å². The van der Waals surface area contributed by atoms with E-state index in [1.165, 1.54) is 6.92 Å². The fraction of sp³-hybridized carbons (Fsp3) is 0.800. The highest BCUT2D eigenvalue weighted by molar-refractivity contribution is 5.81. The third-order valence-corrected chi connectivity index (χ3v) is 4.36. The van der Waals surface area contributed by atoms with E-state index >= 15 is 0 Å². The van der Waals surface area contributed by atoms with E-state index in [0.717, 1.165) is 38.8 Å². The zero-order chi connectivity index (χ0) is 15.4. The molecule has 118 valence electrons. The predicted octanol–water partition coefficient (Wildman–Crippen LogP) is 0.372. The molecule has 2 aliphatic heterocycles. The quantitative estimate of drug-likeness (QED) is 0.800. The van der Waals surface area contributed by atoms with Gasteiger partial charge < -0.3 is 15.1 Å². The number of amides is 3. The summed E-state index contributed by atoms with van der Waals surface area (Å²) in [5.74, 6) is 0.0479. The van der Waals surface area contributed by atoms with E-state index in [0.29, 0.717) is 13.1 Å². The summed E-state index contributed by atoms with van der Waals surface area (Å²) in [6.45, 7) is 5.71.